The van der Waals surface area contributed by atoms with Crippen LogP contribution >= 0.6 is 15.9 Å². The van der Waals surface area contributed by atoms with Crippen molar-refractivity contribution < 1.29 is 14.7 Å². The van der Waals surface area contributed by atoms with Crippen LogP contribution in [0, 0.1) is 0 Å². The smallest absolute Gasteiger partial charge is 0.327 e. The summed E-state index contributed by atoms with van der Waals surface area (Å²) in [6, 6.07) is -0.822. The van der Waals surface area contributed by atoms with Crippen molar-refractivity contribution >= 4 is 27.8 Å². The van der Waals surface area contributed by atoms with Crippen molar-refractivity contribution in [1.82, 2.24) is 5.32 Å². The first-order chi connectivity index (χ1) is 4.57. The van der Waals surface area contributed by atoms with Gasteiger partial charge in [-0.25, -0.2) is 4.79 Å². The maximum atomic E-state index is 10.3. The quantitative estimate of drug-likeness (QED) is 0.642. The highest BCUT2D eigenvalue weighted by atomic mass is 79.9. The molecular formula is C5H8BrNO3. The Kier molecular flexibility index (Phi) is 4.02. The van der Waals surface area contributed by atoms with Crippen LogP contribution in [0.2, 0.25) is 0 Å². The van der Waals surface area contributed by atoms with Crippen LogP contribution in [0.5, 0.6) is 0 Å². The molecule has 0 aliphatic carbocycles. The molecule has 0 heterocycles. The highest BCUT2D eigenvalue weighted by Crippen LogP contribution is 1.90. The zero-order chi connectivity index (χ0) is 8.15. The summed E-state index contributed by atoms with van der Waals surface area (Å²) in [5.74, 6) is -1.38. The van der Waals surface area contributed by atoms with Crippen LogP contribution in [-0.4, -0.2) is 28.4 Å². The minimum Gasteiger partial charge on any atom is -0.480 e. The lowest BCUT2D eigenvalue weighted by Crippen LogP contribution is -2.40. The topological polar surface area (TPSA) is 66.4 Å². The summed E-state index contributed by atoms with van der Waals surface area (Å²) in [7, 11) is 0. The molecule has 2 N–H and O–H groups in total. The van der Waals surface area contributed by atoms with Gasteiger partial charge in [0.2, 0.25) is 5.91 Å². The molecule has 4 nitrogen and oxygen atoms in total. The first-order valence-electron chi connectivity index (χ1n) is 2.63. The SMILES string of the molecule is CC(=O)N[C@@H](CBr)C(=O)O. The van der Waals surface area contributed by atoms with E-state index in [0.29, 0.717) is 0 Å². The van der Waals surface area contributed by atoms with Gasteiger partial charge in [0.15, 0.2) is 0 Å². The number of carbonyl (C=O) groups is 2. The lowest BCUT2D eigenvalue weighted by molar-refractivity contribution is -0.140. The Labute approximate surface area is 66.7 Å². The number of amides is 1. The largest absolute Gasteiger partial charge is 0.480 e. The molecule has 0 spiro atoms. The number of aliphatic carboxylic acids is 1. The summed E-state index contributed by atoms with van der Waals surface area (Å²) in [5.41, 5.74) is 0. The number of rotatable bonds is 3. The fraction of sp³-hybridized carbons (Fsp3) is 0.600. The number of halogens is 1. The molecule has 5 heteroatoms. The maximum Gasteiger partial charge on any atom is 0.327 e. The average Bonchev–Trinajstić information content (AvgIpc) is 1.81. The standard InChI is InChI=1S/C5H8BrNO3/c1-3(8)7-4(2-6)5(9)10/h4H,2H2,1H3,(H,7,8)(H,9,10)/t4-/m0/s1. The van der Waals surface area contributed by atoms with Crippen molar-refractivity contribution in [2.24, 2.45) is 0 Å². The highest BCUT2D eigenvalue weighted by Gasteiger charge is 2.15. The van der Waals surface area contributed by atoms with Crippen LogP contribution < -0.4 is 5.32 Å². The zero-order valence-corrected chi connectivity index (χ0v) is 7.01. The molecule has 0 rings (SSSR count). The van der Waals surface area contributed by atoms with Crippen LogP contribution in [0.4, 0.5) is 0 Å². The monoisotopic (exact) mass is 209 g/mol. The maximum absolute atomic E-state index is 10.3. The van der Waals surface area contributed by atoms with E-state index in [1.165, 1.54) is 6.92 Å². The Morgan fingerprint density at radius 2 is 2.20 bits per heavy atom. The number of carboxylic acid groups (broad SMARTS) is 1. The van der Waals surface area contributed by atoms with Gasteiger partial charge in [-0.1, -0.05) is 15.9 Å². The van der Waals surface area contributed by atoms with Crippen molar-refractivity contribution in [2.45, 2.75) is 13.0 Å². The fourth-order valence-corrected chi connectivity index (χ4v) is 0.850. The number of carboxylic acids is 1. The number of hydrogen-bond acceptors (Lipinski definition) is 2. The fourth-order valence-electron chi connectivity index (χ4n) is 0.412. The van der Waals surface area contributed by atoms with Gasteiger partial charge in [0.1, 0.15) is 6.04 Å². The van der Waals surface area contributed by atoms with Crippen LogP contribution in [0.3, 0.4) is 0 Å². The molecule has 10 heavy (non-hydrogen) atoms. The third-order valence-electron chi connectivity index (χ3n) is 0.830. The van der Waals surface area contributed by atoms with E-state index in [1.54, 1.807) is 0 Å². The predicted molar refractivity (Wildman–Crippen MR) is 39.0 cm³/mol. The summed E-state index contributed by atoms with van der Waals surface area (Å²) >= 11 is 2.95. The average molecular weight is 210 g/mol. The summed E-state index contributed by atoms with van der Waals surface area (Å²) < 4.78 is 0. The third-order valence-corrected chi connectivity index (χ3v) is 1.48. The van der Waals surface area contributed by atoms with Crippen LogP contribution in [0.15, 0.2) is 0 Å². The van der Waals surface area contributed by atoms with Crippen LogP contribution in [0.25, 0.3) is 0 Å². The molecule has 0 fully saturated rings. The van der Waals surface area contributed by atoms with E-state index in [2.05, 4.69) is 21.2 Å². The zero-order valence-electron chi connectivity index (χ0n) is 5.43. The molecular weight excluding hydrogens is 202 g/mol. The first-order valence-corrected chi connectivity index (χ1v) is 3.76. The van der Waals surface area contributed by atoms with Crippen molar-refractivity contribution in [3.05, 3.63) is 0 Å². The van der Waals surface area contributed by atoms with Gasteiger partial charge in [-0.2, -0.15) is 0 Å². The Morgan fingerprint density at radius 3 is 2.30 bits per heavy atom. The van der Waals surface area contributed by atoms with Gasteiger partial charge < -0.3 is 10.4 Å². The van der Waals surface area contributed by atoms with E-state index in [0.717, 1.165) is 0 Å². The van der Waals surface area contributed by atoms with E-state index < -0.39 is 12.0 Å². The van der Waals surface area contributed by atoms with E-state index in [1.807, 2.05) is 0 Å². The van der Waals surface area contributed by atoms with Gasteiger partial charge in [0.25, 0.3) is 0 Å². The molecule has 0 radical (unpaired) electrons. The van der Waals surface area contributed by atoms with Gasteiger partial charge in [-0.05, 0) is 0 Å². The minimum atomic E-state index is -1.04. The Bertz CT molecular complexity index is 148. The second-order valence-corrected chi connectivity index (χ2v) is 2.39. The summed E-state index contributed by atoms with van der Waals surface area (Å²) in [4.78, 5) is 20.5. The molecule has 58 valence electrons. The van der Waals surface area contributed by atoms with Crippen LogP contribution in [0.1, 0.15) is 6.92 Å². The van der Waals surface area contributed by atoms with E-state index in [9.17, 15) is 9.59 Å². The Hall–Kier alpha value is -0.580. The van der Waals surface area contributed by atoms with Crippen molar-refractivity contribution in [3.63, 3.8) is 0 Å². The van der Waals surface area contributed by atoms with Gasteiger partial charge >= 0.3 is 5.97 Å². The molecule has 0 aliphatic rings. The van der Waals surface area contributed by atoms with E-state index >= 15 is 0 Å². The molecule has 0 saturated heterocycles. The second kappa shape index (κ2) is 4.27. The number of hydrogen-bond donors (Lipinski definition) is 2. The number of nitrogens with one attached hydrogen (secondary N) is 1. The lowest BCUT2D eigenvalue weighted by Gasteiger charge is -2.07. The molecule has 0 aromatic heterocycles. The Balaban J connectivity index is 3.83. The van der Waals surface area contributed by atoms with Crippen molar-refractivity contribution in [1.29, 1.82) is 0 Å². The molecule has 0 unspecified atom stereocenters. The normalized spacial score (nSPS) is 12.2. The van der Waals surface area contributed by atoms with Crippen LogP contribution in [-0.2, 0) is 9.59 Å². The van der Waals surface area contributed by atoms with Gasteiger partial charge in [-0.3, -0.25) is 4.79 Å². The highest BCUT2D eigenvalue weighted by molar-refractivity contribution is 9.09. The molecule has 0 aromatic rings. The predicted octanol–water partition coefficient (Wildman–Crippen LogP) is -0.0294. The van der Waals surface area contributed by atoms with Gasteiger partial charge in [0.05, 0.1) is 0 Å². The first kappa shape index (κ1) is 9.42. The summed E-state index contributed by atoms with van der Waals surface area (Å²) in [5, 5.41) is 10.8. The molecule has 1 amide bonds. The van der Waals surface area contributed by atoms with Gasteiger partial charge in [-0.15, -0.1) is 0 Å². The second-order valence-electron chi connectivity index (χ2n) is 1.75. The number of alkyl halides is 1. The lowest BCUT2D eigenvalue weighted by atomic mass is 10.3. The minimum absolute atomic E-state index is 0.224. The van der Waals surface area contributed by atoms with Crippen molar-refractivity contribution in [3.8, 4) is 0 Å². The van der Waals surface area contributed by atoms with E-state index in [-0.39, 0.29) is 11.2 Å². The van der Waals surface area contributed by atoms with E-state index in [4.69, 9.17) is 5.11 Å². The van der Waals surface area contributed by atoms with Gasteiger partial charge in [0, 0.05) is 12.3 Å². The molecule has 1 atom stereocenters. The number of carbonyl (C=O) groups excluding carboxylic acids is 1. The summed E-state index contributed by atoms with van der Waals surface area (Å²) in [6.45, 7) is 1.28. The van der Waals surface area contributed by atoms with Crippen molar-refractivity contribution in [2.75, 3.05) is 5.33 Å². The molecule has 0 aromatic carbocycles. The molecule has 0 bridgehead atoms. The molecule has 0 aliphatic heterocycles. The Morgan fingerprint density at radius 1 is 1.70 bits per heavy atom. The summed E-state index contributed by atoms with van der Waals surface area (Å²) in [6.07, 6.45) is 0. The third kappa shape index (κ3) is 3.45. The molecule has 0 saturated carbocycles.